The van der Waals surface area contributed by atoms with Gasteiger partial charge in [0.1, 0.15) is 0 Å². The van der Waals surface area contributed by atoms with Gasteiger partial charge in [0.2, 0.25) is 0 Å². The van der Waals surface area contributed by atoms with Crippen LogP contribution in [0.4, 0.5) is 0 Å². The van der Waals surface area contributed by atoms with E-state index in [1.165, 1.54) is 40.7 Å². The number of benzene rings is 2. The van der Waals surface area contributed by atoms with Gasteiger partial charge in [-0.1, -0.05) is 81.3 Å². The first-order valence-corrected chi connectivity index (χ1v) is 8.11. The Morgan fingerprint density at radius 1 is 0.952 bits per heavy atom. The molecule has 0 nitrogen and oxygen atoms in total. The van der Waals surface area contributed by atoms with Crippen LogP contribution in [0.1, 0.15) is 56.2 Å². The largest absolute Gasteiger partial charge is 0.0652 e. The summed E-state index contributed by atoms with van der Waals surface area (Å²) in [6.07, 6.45) is 6.03. The third kappa shape index (κ3) is 2.68. The molecule has 0 saturated heterocycles. The minimum Gasteiger partial charge on any atom is -0.0652 e. The number of fused-ring (bicyclic) bond motifs is 1. The summed E-state index contributed by atoms with van der Waals surface area (Å²) < 4.78 is 0. The summed E-state index contributed by atoms with van der Waals surface area (Å²) in [5.41, 5.74) is 8.79. The van der Waals surface area contributed by atoms with Crippen LogP contribution in [0.15, 0.2) is 48.0 Å². The van der Waals surface area contributed by atoms with Gasteiger partial charge in [-0.3, -0.25) is 0 Å². The Morgan fingerprint density at radius 2 is 1.71 bits per heavy atom. The molecule has 0 heteroatoms. The van der Waals surface area contributed by atoms with Crippen molar-refractivity contribution in [1.82, 2.24) is 0 Å². The van der Waals surface area contributed by atoms with Crippen LogP contribution in [-0.2, 0) is 6.42 Å². The number of hydrogen-bond donors (Lipinski definition) is 0. The molecule has 0 unspecified atom stereocenters. The Bertz CT molecular complexity index is 674. The monoisotopic (exact) mass is 276 g/mol. The Morgan fingerprint density at radius 3 is 2.48 bits per heavy atom. The predicted octanol–water partition coefficient (Wildman–Crippen LogP) is 6.22. The second-order valence-electron chi connectivity index (χ2n) is 6.35. The molecule has 108 valence electrons. The van der Waals surface area contributed by atoms with E-state index in [1.807, 2.05) is 0 Å². The van der Waals surface area contributed by atoms with Crippen molar-refractivity contribution in [3.63, 3.8) is 0 Å². The van der Waals surface area contributed by atoms with Gasteiger partial charge >= 0.3 is 0 Å². The second kappa shape index (κ2) is 5.89. The standard InChI is InChI=1S/C21H24/c1-4-8-16-13-17-9-7-12-20(21(17)14-16)19-11-6-5-10-18(19)15(2)3/h5-7,9-12,14-15H,4,8,13H2,1-3H3. The van der Waals surface area contributed by atoms with Crippen molar-refractivity contribution in [2.45, 2.75) is 46.0 Å². The molecule has 2 aromatic rings. The van der Waals surface area contributed by atoms with E-state index in [9.17, 15) is 0 Å². The minimum absolute atomic E-state index is 0.553. The molecule has 0 atom stereocenters. The molecule has 0 heterocycles. The molecule has 21 heavy (non-hydrogen) atoms. The summed E-state index contributed by atoms with van der Waals surface area (Å²) in [7, 11) is 0. The predicted molar refractivity (Wildman–Crippen MR) is 92.6 cm³/mol. The van der Waals surface area contributed by atoms with Crippen molar-refractivity contribution in [1.29, 1.82) is 0 Å². The topological polar surface area (TPSA) is 0 Å². The minimum atomic E-state index is 0.553. The number of rotatable bonds is 4. The fourth-order valence-corrected chi connectivity index (χ4v) is 3.40. The zero-order valence-corrected chi connectivity index (χ0v) is 13.3. The van der Waals surface area contributed by atoms with Crippen molar-refractivity contribution in [2.75, 3.05) is 0 Å². The highest BCUT2D eigenvalue weighted by Gasteiger charge is 2.18. The van der Waals surface area contributed by atoms with E-state index in [1.54, 1.807) is 5.57 Å². The summed E-state index contributed by atoms with van der Waals surface area (Å²) in [5.74, 6) is 0.553. The van der Waals surface area contributed by atoms with Crippen LogP contribution in [0.25, 0.3) is 17.2 Å². The van der Waals surface area contributed by atoms with Gasteiger partial charge in [0.05, 0.1) is 0 Å². The third-order valence-electron chi connectivity index (χ3n) is 4.41. The van der Waals surface area contributed by atoms with Crippen LogP contribution in [0.5, 0.6) is 0 Å². The van der Waals surface area contributed by atoms with Crippen molar-refractivity contribution in [3.8, 4) is 11.1 Å². The molecule has 0 fully saturated rings. The van der Waals surface area contributed by atoms with Gasteiger partial charge in [0.15, 0.2) is 0 Å². The van der Waals surface area contributed by atoms with Gasteiger partial charge in [-0.25, -0.2) is 0 Å². The first kappa shape index (κ1) is 14.1. The highest BCUT2D eigenvalue weighted by molar-refractivity contribution is 5.82. The molecule has 0 bridgehead atoms. The van der Waals surface area contributed by atoms with Crippen molar-refractivity contribution >= 4 is 6.08 Å². The van der Waals surface area contributed by atoms with Gasteiger partial charge in [-0.05, 0) is 46.6 Å². The van der Waals surface area contributed by atoms with Crippen LogP contribution in [0.2, 0.25) is 0 Å². The second-order valence-corrected chi connectivity index (χ2v) is 6.35. The lowest BCUT2D eigenvalue weighted by molar-refractivity contribution is 0.869. The van der Waals surface area contributed by atoms with Crippen LogP contribution >= 0.6 is 0 Å². The summed E-state index contributed by atoms with van der Waals surface area (Å²) in [5, 5.41) is 0. The molecule has 1 aliphatic rings. The summed E-state index contributed by atoms with van der Waals surface area (Å²) in [6, 6.07) is 15.6. The van der Waals surface area contributed by atoms with Crippen LogP contribution < -0.4 is 0 Å². The van der Waals surface area contributed by atoms with Crippen LogP contribution in [0.3, 0.4) is 0 Å². The molecule has 2 aromatic carbocycles. The van der Waals surface area contributed by atoms with Gasteiger partial charge < -0.3 is 0 Å². The van der Waals surface area contributed by atoms with E-state index in [2.05, 4.69) is 69.3 Å². The summed E-state index contributed by atoms with van der Waals surface area (Å²) >= 11 is 0. The average molecular weight is 276 g/mol. The number of allylic oxidation sites excluding steroid dienone is 1. The molecule has 0 amide bonds. The maximum Gasteiger partial charge on any atom is -0.00576 e. The van der Waals surface area contributed by atoms with Crippen LogP contribution in [0, 0.1) is 0 Å². The fourth-order valence-electron chi connectivity index (χ4n) is 3.40. The summed E-state index contributed by atoms with van der Waals surface area (Å²) in [6.45, 7) is 6.82. The Kier molecular flexibility index (Phi) is 3.96. The van der Waals surface area contributed by atoms with Crippen LogP contribution in [-0.4, -0.2) is 0 Å². The van der Waals surface area contributed by atoms with Gasteiger partial charge in [-0.15, -0.1) is 0 Å². The Hall–Kier alpha value is -1.82. The quantitative estimate of drug-likeness (QED) is 0.622. The lowest BCUT2D eigenvalue weighted by Crippen LogP contribution is -1.94. The maximum atomic E-state index is 2.44. The van der Waals surface area contributed by atoms with E-state index in [0.717, 1.165) is 6.42 Å². The van der Waals surface area contributed by atoms with E-state index in [0.29, 0.717) is 5.92 Å². The molecule has 1 aliphatic carbocycles. The van der Waals surface area contributed by atoms with E-state index < -0.39 is 0 Å². The van der Waals surface area contributed by atoms with Crippen molar-refractivity contribution < 1.29 is 0 Å². The molecule has 0 saturated carbocycles. The molecule has 0 N–H and O–H groups in total. The SMILES string of the molecule is CCCC1=Cc2c(cccc2-c2ccccc2C(C)C)C1. The normalized spacial score (nSPS) is 13.4. The van der Waals surface area contributed by atoms with Gasteiger partial charge in [0, 0.05) is 0 Å². The van der Waals surface area contributed by atoms with Crippen molar-refractivity contribution in [2.24, 2.45) is 0 Å². The highest BCUT2D eigenvalue weighted by atomic mass is 14.2. The maximum absolute atomic E-state index is 2.44. The zero-order valence-electron chi connectivity index (χ0n) is 13.3. The molecular weight excluding hydrogens is 252 g/mol. The fraction of sp³-hybridized carbons (Fsp3) is 0.333. The molecule has 0 aromatic heterocycles. The zero-order chi connectivity index (χ0) is 14.8. The van der Waals surface area contributed by atoms with E-state index >= 15 is 0 Å². The first-order chi connectivity index (χ1) is 10.2. The Balaban J connectivity index is 2.12. The van der Waals surface area contributed by atoms with E-state index in [-0.39, 0.29) is 0 Å². The third-order valence-corrected chi connectivity index (χ3v) is 4.41. The van der Waals surface area contributed by atoms with Crippen molar-refractivity contribution in [3.05, 3.63) is 64.7 Å². The van der Waals surface area contributed by atoms with E-state index in [4.69, 9.17) is 0 Å². The lowest BCUT2D eigenvalue weighted by atomic mass is 9.89. The van der Waals surface area contributed by atoms with Gasteiger partial charge in [0.25, 0.3) is 0 Å². The molecular formula is C21H24. The smallest absolute Gasteiger partial charge is 0.00576 e. The molecule has 0 radical (unpaired) electrons. The molecule has 0 aliphatic heterocycles. The van der Waals surface area contributed by atoms with Gasteiger partial charge in [-0.2, -0.15) is 0 Å². The Labute approximate surface area is 128 Å². The average Bonchev–Trinajstić information content (AvgIpc) is 2.90. The molecule has 3 rings (SSSR count). The molecule has 0 spiro atoms. The first-order valence-electron chi connectivity index (χ1n) is 8.11. The summed E-state index contributed by atoms with van der Waals surface area (Å²) in [4.78, 5) is 0. The highest BCUT2D eigenvalue weighted by Crippen LogP contribution is 2.38. The lowest BCUT2D eigenvalue weighted by Gasteiger charge is -2.15. The number of hydrogen-bond acceptors (Lipinski definition) is 0.